The zero-order valence-corrected chi connectivity index (χ0v) is 10.5. The van der Waals surface area contributed by atoms with E-state index in [2.05, 4.69) is 21.2 Å². The number of nitrogens with one attached hydrogen (secondary N) is 1. The molecule has 1 aliphatic heterocycles. The van der Waals surface area contributed by atoms with Gasteiger partial charge in [-0.25, -0.2) is 0 Å². The van der Waals surface area contributed by atoms with Crippen molar-refractivity contribution < 1.29 is 20.1 Å². The fourth-order valence-corrected chi connectivity index (χ4v) is 1.99. The molecular formula is C11H14BrNO4. The first-order valence-electron chi connectivity index (χ1n) is 5.26. The van der Waals surface area contributed by atoms with Crippen molar-refractivity contribution in [2.24, 2.45) is 0 Å². The molecular weight excluding hydrogens is 290 g/mol. The van der Waals surface area contributed by atoms with Gasteiger partial charge in [0.25, 0.3) is 0 Å². The lowest BCUT2D eigenvalue weighted by Crippen LogP contribution is -2.36. The maximum absolute atomic E-state index is 9.72. The summed E-state index contributed by atoms with van der Waals surface area (Å²) in [5.41, 5.74) is 0.767. The highest BCUT2D eigenvalue weighted by atomic mass is 79.9. The van der Waals surface area contributed by atoms with Crippen LogP contribution < -0.4 is 5.32 Å². The third kappa shape index (κ3) is 2.78. The van der Waals surface area contributed by atoms with E-state index in [0.717, 1.165) is 10.2 Å². The molecule has 1 aliphatic rings. The lowest BCUT2D eigenvalue weighted by Gasteiger charge is -2.17. The summed E-state index contributed by atoms with van der Waals surface area (Å²) in [7, 11) is 0. The number of rotatable bonds is 3. The second-order valence-electron chi connectivity index (χ2n) is 3.91. The number of ether oxygens (including phenoxy) is 1. The van der Waals surface area contributed by atoms with Gasteiger partial charge in [-0.2, -0.15) is 0 Å². The SMILES string of the molecule is OC[C@@H]1O[C@@H](Nc2ccc(Br)cc2)[C@@H](O)[C@@H]1O. The molecule has 1 fully saturated rings. The molecule has 1 heterocycles. The van der Waals surface area contributed by atoms with Crippen molar-refractivity contribution in [2.75, 3.05) is 11.9 Å². The summed E-state index contributed by atoms with van der Waals surface area (Å²) in [6, 6.07) is 7.34. The highest BCUT2D eigenvalue weighted by Gasteiger charge is 2.42. The number of benzene rings is 1. The summed E-state index contributed by atoms with van der Waals surface area (Å²) in [5, 5.41) is 31.2. The smallest absolute Gasteiger partial charge is 0.157 e. The van der Waals surface area contributed by atoms with E-state index in [1.807, 2.05) is 24.3 Å². The Labute approximate surface area is 107 Å². The normalized spacial score (nSPS) is 32.7. The van der Waals surface area contributed by atoms with Gasteiger partial charge in [0, 0.05) is 10.2 Å². The van der Waals surface area contributed by atoms with E-state index < -0.39 is 24.5 Å². The van der Waals surface area contributed by atoms with Crippen LogP contribution in [0.15, 0.2) is 28.7 Å². The van der Waals surface area contributed by atoms with Gasteiger partial charge in [0.2, 0.25) is 0 Å². The molecule has 0 aliphatic carbocycles. The van der Waals surface area contributed by atoms with Crippen molar-refractivity contribution >= 4 is 21.6 Å². The van der Waals surface area contributed by atoms with Crippen molar-refractivity contribution in [3.05, 3.63) is 28.7 Å². The Bertz CT molecular complexity index is 372. The van der Waals surface area contributed by atoms with E-state index >= 15 is 0 Å². The van der Waals surface area contributed by atoms with Gasteiger partial charge in [0.1, 0.15) is 18.3 Å². The fraction of sp³-hybridized carbons (Fsp3) is 0.455. The Morgan fingerprint density at radius 3 is 2.35 bits per heavy atom. The number of hydrogen-bond acceptors (Lipinski definition) is 5. The van der Waals surface area contributed by atoms with Crippen LogP contribution in [0.25, 0.3) is 0 Å². The molecule has 1 saturated heterocycles. The predicted octanol–water partition coefficient (Wildman–Crippen LogP) is 0.300. The van der Waals surface area contributed by atoms with E-state index in [-0.39, 0.29) is 6.61 Å². The van der Waals surface area contributed by atoms with E-state index in [1.165, 1.54) is 0 Å². The quantitative estimate of drug-likeness (QED) is 0.646. The summed E-state index contributed by atoms with van der Waals surface area (Å²) >= 11 is 3.32. The first-order chi connectivity index (χ1) is 8.11. The standard InChI is InChI=1S/C11H14BrNO4/c12-6-1-3-7(4-2-6)13-11-10(16)9(15)8(5-14)17-11/h1-4,8-11,13-16H,5H2/t8-,9+,10-,11+/m0/s1. The average Bonchev–Trinajstić information content (AvgIpc) is 2.60. The number of anilines is 1. The minimum Gasteiger partial charge on any atom is -0.394 e. The van der Waals surface area contributed by atoms with Crippen LogP contribution in [0.1, 0.15) is 0 Å². The Hall–Kier alpha value is -0.660. The monoisotopic (exact) mass is 303 g/mol. The first kappa shape index (κ1) is 12.8. The van der Waals surface area contributed by atoms with Gasteiger partial charge in [-0.1, -0.05) is 15.9 Å². The zero-order chi connectivity index (χ0) is 12.4. The maximum Gasteiger partial charge on any atom is 0.157 e. The molecule has 5 nitrogen and oxygen atoms in total. The number of aliphatic hydroxyl groups is 3. The van der Waals surface area contributed by atoms with Crippen LogP contribution in [-0.4, -0.2) is 46.5 Å². The summed E-state index contributed by atoms with van der Waals surface area (Å²) in [4.78, 5) is 0. The van der Waals surface area contributed by atoms with Gasteiger partial charge >= 0.3 is 0 Å². The summed E-state index contributed by atoms with van der Waals surface area (Å²) < 4.78 is 6.24. The molecule has 0 amide bonds. The van der Waals surface area contributed by atoms with Crippen LogP contribution in [0.3, 0.4) is 0 Å². The first-order valence-corrected chi connectivity index (χ1v) is 6.05. The largest absolute Gasteiger partial charge is 0.394 e. The molecule has 0 saturated carbocycles. The Kier molecular flexibility index (Phi) is 4.01. The Balaban J connectivity index is 2.02. The van der Waals surface area contributed by atoms with Crippen molar-refractivity contribution in [1.29, 1.82) is 0 Å². The molecule has 1 aromatic carbocycles. The number of aliphatic hydroxyl groups excluding tert-OH is 3. The molecule has 94 valence electrons. The highest BCUT2D eigenvalue weighted by molar-refractivity contribution is 9.10. The molecule has 0 radical (unpaired) electrons. The van der Waals surface area contributed by atoms with Crippen molar-refractivity contribution in [3.63, 3.8) is 0 Å². The van der Waals surface area contributed by atoms with E-state index in [0.29, 0.717) is 0 Å². The van der Waals surface area contributed by atoms with Gasteiger partial charge in [-0.05, 0) is 24.3 Å². The highest BCUT2D eigenvalue weighted by Crippen LogP contribution is 2.23. The van der Waals surface area contributed by atoms with Crippen LogP contribution in [0.4, 0.5) is 5.69 Å². The van der Waals surface area contributed by atoms with Crippen molar-refractivity contribution in [2.45, 2.75) is 24.5 Å². The maximum atomic E-state index is 9.72. The molecule has 0 unspecified atom stereocenters. The van der Waals surface area contributed by atoms with E-state index in [9.17, 15) is 10.2 Å². The van der Waals surface area contributed by atoms with Gasteiger partial charge in [-0.3, -0.25) is 0 Å². The Morgan fingerprint density at radius 2 is 1.82 bits per heavy atom. The molecule has 17 heavy (non-hydrogen) atoms. The van der Waals surface area contributed by atoms with Gasteiger partial charge in [0.15, 0.2) is 6.23 Å². The van der Waals surface area contributed by atoms with Crippen molar-refractivity contribution in [1.82, 2.24) is 0 Å². The predicted molar refractivity (Wildman–Crippen MR) is 65.5 cm³/mol. The van der Waals surface area contributed by atoms with Crippen LogP contribution in [-0.2, 0) is 4.74 Å². The lowest BCUT2D eigenvalue weighted by atomic mass is 10.1. The second-order valence-corrected chi connectivity index (χ2v) is 4.83. The van der Waals surface area contributed by atoms with Crippen LogP contribution in [0.5, 0.6) is 0 Å². The topological polar surface area (TPSA) is 82.0 Å². The minimum absolute atomic E-state index is 0.323. The molecule has 0 spiro atoms. The van der Waals surface area contributed by atoms with Crippen molar-refractivity contribution in [3.8, 4) is 0 Å². The van der Waals surface area contributed by atoms with Gasteiger partial charge in [-0.15, -0.1) is 0 Å². The Morgan fingerprint density at radius 1 is 1.18 bits per heavy atom. The van der Waals surface area contributed by atoms with Crippen LogP contribution in [0.2, 0.25) is 0 Å². The molecule has 0 aromatic heterocycles. The molecule has 0 bridgehead atoms. The van der Waals surface area contributed by atoms with Crippen LogP contribution in [0, 0.1) is 0 Å². The second kappa shape index (κ2) is 5.32. The van der Waals surface area contributed by atoms with Crippen LogP contribution >= 0.6 is 15.9 Å². The molecule has 6 heteroatoms. The third-order valence-corrected chi connectivity index (χ3v) is 3.22. The number of hydrogen-bond donors (Lipinski definition) is 4. The van der Waals surface area contributed by atoms with E-state index in [4.69, 9.17) is 9.84 Å². The lowest BCUT2D eigenvalue weighted by molar-refractivity contribution is -0.0153. The summed E-state index contributed by atoms with van der Waals surface area (Å²) in [6.45, 7) is -0.323. The summed E-state index contributed by atoms with van der Waals surface area (Å²) in [5.74, 6) is 0. The summed E-state index contributed by atoms with van der Waals surface area (Å²) in [6.07, 6.45) is -3.61. The molecule has 1 aromatic rings. The molecule has 4 atom stereocenters. The molecule has 2 rings (SSSR count). The zero-order valence-electron chi connectivity index (χ0n) is 8.95. The minimum atomic E-state index is -1.08. The third-order valence-electron chi connectivity index (χ3n) is 2.70. The van der Waals surface area contributed by atoms with Gasteiger partial charge < -0.3 is 25.4 Å². The van der Waals surface area contributed by atoms with E-state index in [1.54, 1.807) is 0 Å². The van der Waals surface area contributed by atoms with Gasteiger partial charge in [0.05, 0.1) is 6.61 Å². The average molecular weight is 304 g/mol. The fourth-order valence-electron chi connectivity index (χ4n) is 1.73. The molecule has 4 N–H and O–H groups in total. The number of halogens is 1.